The number of fused-ring (bicyclic) bond motifs is 1. The molecule has 0 aliphatic heterocycles. The van der Waals surface area contributed by atoms with Crippen molar-refractivity contribution in [2.24, 2.45) is 0 Å². The van der Waals surface area contributed by atoms with Crippen molar-refractivity contribution >= 4 is 34.6 Å². The van der Waals surface area contributed by atoms with E-state index in [1.54, 1.807) is 0 Å². The molecule has 0 saturated heterocycles. The molecule has 1 aromatic heterocycles. The molecule has 0 saturated carbocycles. The van der Waals surface area contributed by atoms with E-state index in [0.29, 0.717) is 10.6 Å². The van der Waals surface area contributed by atoms with Crippen molar-refractivity contribution in [1.82, 2.24) is 0 Å². The molecule has 0 bridgehead atoms. The molecule has 28 heavy (non-hydrogen) atoms. The Morgan fingerprint density at radius 3 is 2.50 bits per heavy atom. The highest BCUT2D eigenvalue weighted by molar-refractivity contribution is 7.14. The molecule has 1 aliphatic carbocycles. The lowest BCUT2D eigenvalue weighted by atomic mass is 10.1. The van der Waals surface area contributed by atoms with Gasteiger partial charge in [-0.2, -0.15) is 0 Å². The molecule has 2 aromatic rings. The van der Waals surface area contributed by atoms with E-state index in [0.717, 1.165) is 31.6 Å². The molecule has 0 atom stereocenters. The van der Waals surface area contributed by atoms with Crippen LogP contribution in [0.15, 0.2) is 30.3 Å². The molecule has 150 valence electrons. The quantitative estimate of drug-likeness (QED) is 0.542. The maximum atomic E-state index is 12.3. The molecule has 1 aliphatic rings. The van der Waals surface area contributed by atoms with Gasteiger partial charge in [0, 0.05) is 29.3 Å². The van der Waals surface area contributed by atoms with Crippen molar-refractivity contribution in [3.05, 3.63) is 45.6 Å². The number of benzene rings is 1. The zero-order valence-electron chi connectivity index (χ0n) is 16.6. The van der Waals surface area contributed by atoms with Crippen LogP contribution in [0.4, 0.5) is 11.4 Å². The summed E-state index contributed by atoms with van der Waals surface area (Å²) in [5, 5.41) is 2.78. The molecule has 5 nitrogen and oxygen atoms in total. The predicted molar refractivity (Wildman–Crippen MR) is 114 cm³/mol. The second kappa shape index (κ2) is 9.73. The lowest BCUT2D eigenvalue weighted by molar-refractivity contribution is -0.119. The van der Waals surface area contributed by atoms with Crippen LogP contribution in [0.2, 0.25) is 0 Å². The van der Waals surface area contributed by atoms with Gasteiger partial charge in [0.2, 0.25) is 0 Å². The topological polar surface area (TPSA) is 58.6 Å². The third kappa shape index (κ3) is 5.13. The van der Waals surface area contributed by atoms with Crippen LogP contribution in [0.5, 0.6) is 0 Å². The Balaban J connectivity index is 1.50. The van der Waals surface area contributed by atoms with Gasteiger partial charge in [0.05, 0.1) is 0 Å². The standard InChI is InChI=1S/C22H28N2O3S/c1-3-24(4-2)18-12-10-17(11-13-18)23-21(25)15-27-22(26)20-14-16-8-6-5-7-9-19(16)28-20/h10-14H,3-9,15H2,1-2H3,(H,23,25). The number of hydrogen-bond donors (Lipinski definition) is 1. The zero-order valence-corrected chi connectivity index (χ0v) is 17.4. The van der Waals surface area contributed by atoms with Gasteiger partial charge in [-0.05, 0) is 75.4 Å². The zero-order chi connectivity index (χ0) is 19.9. The summed E-state index contributed by atoms with van der Waals surface area (Å²) >= 11 is 1.51. The number of rotatable bonds is 7. The summed E-state index contributed by atoms with van der Waals surface area (Å²) in [5.74, 6) is -0.743. The minimum absolute atomic E-state index is 0.279. The summed E-state index contributed by atoms with van der Waals surface area (Å²) in [7, 11) is 0. The molecule has 0 fully saturated rings. The number of hydrogen-bond acceptors (Lipinski definition) is 5. The fourth-order valence-corrected chi connectivity index (χ4v) is 4.66. The van der Waals surface area contributed by atoms with Crippen molar-refractivity contribution in [3.8, 4) is 0 Å². The molecule has 1 N–H and O–H groups in total. The SMILES string of the molecule is CCN(CC)c1ccc(NC(=O)COC(=O)c2cc3c(s2)CCCCC3)cc1. The summed E-state index contributed by atoms with van der Waals surface area (Å²) in [6.07, 6.45) is 5.67. The number of nitrogens with one attached hydrogen (secondary N) is 1. The van der Waals surface area contributed by atoms with Crippen molar-refractivity contribution < 1.29 is 14.3 Å². The van der Waals surface area contributed by atoms with E-state index in [2.05, 4.69) is 24.1 Å². The number of carbonyl (C=O) groups is 2. The number of carbonyl (C=O) groups excluding carboxylic acids is 2. The van der Waals surface area contributed by atoms with Crippen molar-refractivity contribution in [3.63, 3.8) is 0 Å². The fourth-order valence-electron chi connectivity index (χ4n) is 3.51. The normalized spacial score (nSPS) is 13.4. The number of ether oxygens (including phenoxy) is 1. The van der Waals surface area contributed by atoms with Crippen LogP contribution < -0.4 is 10.2 Å². The van der Waals surface area contributed by atoms with Gasteiger partial charge in [-0.3, -0.25) is 4.79 Å². The van der Waals surface area contributed by atoms with E-state index in [1.807, 2.05) is 30.3 Å². The van der Waals surface area contributed by atoms with Gasteiger partial charge < -0.3 is 15.0 Å². The van der Waals surface area contributed by atoms with E-state index in [9.17, 15) is 9.59 Å². The first kappa shape index (κ1) is 20.4. The second-order valence-corrected chi connectivity index (χ2v) is 8.10. The van der Waals surface area contributed by atoms with Gasteiger partial charge in [-0.15, -0.1) is 11.3 Å². The van der Waals surface area contributed by atoms with Crippen molar-refractivity contribution in [2.75, 3.05) is 29.9 Å². The van der Waals surface area contributed by atoms with E-state index >= 15 is 0 Å². The highest BCUT2D eigenvalue weighted by Gasteiger charge is 2.18. The smallest absolute Gasteiger partial charge is 0.348 e. The Hall–Kier alpha value is -2.34. The molecule has 0 unspecified atom stereocenters. The van der Waals surface area contributed by atoms with Gasteiger partial charge in [-0.1, -0.05) is 6.42 Å². The van der Waals surface area contributed by atoms with Crippen molar-refractivity contribution in [1.29, 1.82) is 0 Å². The minimum atomic E-state index is -0.412. The molecule has 1 aromatic carbocycles. The molecule has 1 amide bonds. The number of nitrogens with zero attached hydrogens (tertiary/aromatic N) is 1. The van der Waals surface area contributed by atoms with Gasteiger partial charge in [0.15, 0.2) is 6.61 Å². The van der Waals surface area contributed by atoms with Crippen LogP contribution in [-0.4, -0.2) is 31.6 Å². The summed E-state index contributed by atoms with van der Waals surface area (Å²) in [5.41, 5.74) is 3.08. The van der Waals surface area contributed by atoms with Gasteiger partial charge >= 0.3 is 5.97 Å². The van der Waals surface area contributed by atoms with Crippen LogP contribution in [0.25, 0.3) is 0 Å². The van der Waals surface area contributed by atoms with E-state index in [-0.39, 0.29) is 12.5 Å². The Morgan fingerprint density at radius 2 is 1.79 bits per heavy atom. The number of amides is 1. The fraction of sp³-hybridized carbons (Fsp3) is 0.455. The highest BCUT2D eigenvalue weighted by atomic mass is 32.1. The third-order valence-corrected chi connectivity index (χ3v) is 6.28. The summed E-state index contributed by atoms with van der Waals surface area (Å²) in [4.78, 5) is 28.5. The first-order chi connectivity index (χ1) is 13.6. The molecular weight excluding hydrogens is 372 g/mol. The Bertz CT molecular complexity index is 786. The first-order valence-corrected chi connectivity index (χ1v) is 10.9. The maximum Gasteiger partial charge on any atom is 0.348 e. The van der Waals surface area contributed by atoms with Crippen LogP contribution in [0, 0.1) is 0 Å². The van der Waals surface area contributed by atoms with Crippen molar-refractivity contribution in [2.45, 2.75) is 46.0 Å². The predicted octanol–water partition coefficient (Wildman–Crippen LogP) is 4.66. The Labute approximate surface area is 170 Å². The summed E-state index contributed by atoms with van der Waals surface area (Å²) in [6.45, 7) is 5.81. The van der Waals surface area contributed by atoms with Crippen LogP contribution in [0.1, 0.15) is 53.2 Å². The Morgan fingerprint density at radius 1 is 1.07 bits per heavy atom. The van der Waals surface area contributed by atoms with Gasteiger partial charge in [-0.25, -0.2) is 4.79 Å². The second-order valence-electron chi connectivity index (χ2n) is 6.96. The van der Waals surface area contributed by atoms with Crippen LogP contribution in [0.3, 0.4) is 0 Å². The lowest BCUT2D eigenvalue weighted by Crippen LogP contribution is -2.22. The summed E-state index contributed by atoms with van der Waals surface area (Å²) < 4.78 is 5.22. The third-order valence-electron chi connectivity index (χ3n) is 5.06. The average Bonchev–Trinajstić information content (AvgIpc) is 2.99. The van der Waals surface area contributed by atoms with Crippen LogP contribution >= 0.6 is 11.3 Å². The van der Waals surface area contributed by atoms with Gasteiger partial charge in [0.1, 0.15) is 4.88 Å². The number of thiophene rings is 1. The summed E-state index contributed by atoms with van der Waals surface area (Å²) in [6, 6.07) is 9.63. The monoisotopic (exact) mass is 400 g/mol. The number of esters is 1. The van der Waals surface area contributed by atoms with E-state index < -0.39 is 5.97 Å². The Kier molecular flexibility index (Phi) is 7.09. The molecule has 0 radical (unpaired) electrons. The molecule has 0 spiro atoms. The molecular formula is C22H28N2O3S. The maximum absolute atomic E-state index is 12.3. The highest BCUT2D eigenvalue weighted by Crippen LogP contribution is 2.29. The average molecular weight is 401 g/mol. The first-order valence-electron chi connectivity index (χ1n) is 10.0. The minimum Gasteiger partial charge on any atom is -0.451 e. The molecule has 6 heteroatoms. The lowest BCUT2D eigenvalue weighted by Gasteiger charge is -2.21. The number of aryl methyl sites for hydroxylation is 2. The molecule has 3 rings (SSSR count). The molecule has 1 heterocycles. The van der Waals surface area contributed by atoms with Crippen LogP contribution in [-0.2, 0) is 22.4 Å². The largest absolute Gasteiger partial charge is 0.451 e. The van der Waals surface area contributed by atoms with Gasteiger partial charge in [0.25, 0.3) is 5.91 Å². The van der Waals surface area contributed by atoms with E-state index in [4.69, 9.17) is 4.74 Å². The van der Waals surface area contributed by atoms with E-state index in [1.165, 1.54) is 41.0 Å². The number of anilines is 2.